The monoisotopic (exact) mass is 532 g/mol. The Kier molecular flexibility index (Phi) is 7.39. The van der Waals surface area contributed by atoms with Gasteiger partial charge >= 0.3 is 0 Å². The number of fused-ring (bicyclic) bond motifs is 2. The second kappa shape index (κ2) is 10.6. The lowest BCUT2D eigenvalue weighted by Gasteiger charge is -2.42. The molecule has 0 fully saturated rings. The van der Waals surface area contributed by atoms with Gasteiger partial charge in [0.2, 0.25) is 0 Å². The molecule has 2 aliphatic rings. The van der Waals surface area contributed by atoms with Crippen molar-refractivity contribution in [3.63, 3.8) is 0 Å². The summed E-state index contributed by atoms with van der Waals surface area (Å²) in [6, 6.07) is 14.0. The maximum atomic E-state index is 5.00. The quantitative estimate of drug-likeness (QED) is 0.254. The van der Waals surface area contributed by atoms with Crippen molar-refractivity contribution in [2.75, 3.05) is 11.4 Å². The van der Waals surface area contributed by atoms with Gasteiger partial charge in [-0.15, -0.1) is 0 Å². The van der Waals surface area contributed by atoms with Crippen molar-refractivity contribution in [3.8, 4) is 0 Å². The van der Waals surface area contributed by atoms with Gasteiger partial charge in [0.1, 0.15) is 0 Å². The molecule has 40 heavy (non-hydrogen) atoms. The molecule has 0 spiro atoms. The number of allylic oxidation sites excluding steroid dienone is 2. The lowest BCUT2D eigenvalue weighted by molar-refractivity contribution is 0.460. The van der Waals surface area contributed by atoms with Gasteiger partial charge in [-0.2, -0.15) is 0 Å². The summed E-state index contributed by atoms with van der Waals surface area (Å²) in [6.07, 6.45) is 11.8. The van der Waals surface area contributed by atoms with Crippen LogP contribution in [-0.4, -0.2) is 17.3 Å². The fourth-order valence-corrected chi connectivity index (χ4v) is 6.32. The molecule has 1 N–H and O–H groups in total. The van der Waals surface area contributed by atoms with E-state index in [2.05, 4.69) is 144 Å². The topological polar surface area (TPSA) is 32.6 Å². The Hall–Kier alpha value is -3.79. The number of hydrogen-bond donors (Lipinski definition) is 1. The second-order valence-electron chi connectivity index (χ2n) is 12.4. The highest BCUT2D eigenvalue weighted by molar-refractivity contribution is 5.83. The van der Waals surface area contributed by atoms with Gasteiger partial charge in [-0.25, -0.2) is 0 Å². The van der Waals surface area contributed by atoms with E-state index in [0.29, 0.717) is 12.0 Å². The Bertz CT molecular complexity index is 1490. The first-order valence-corrected chi connectivity index (χ1v) is 14.5. The Labute approximate surface area is 240 Å². The third-order valence-corrected chi connectivity index (χ3v) is 8.44. The number of aryl methyl sites for hydroxylation is 2. The van der Waals surface area contributed by atoms with Crippen LogP contribution < -0.4 is 10.2 Å². The molecule has 4 nitrogen and oxygen atoms in total. The molecule has 2 aliphatic heterocycles. The van der Waals surface area contributed by atoms with Crippen LogP contribution in [0.5, 0.6) is 0 Å². The third-order valence-electron chi connectivity index (χ3n) is 8.44. The summed E-state index contributed by atoms with van der Waals surface area (Å²) >= 11 is 0. The summed E-state index contributed by atoms with van der Waals surface area (Å²) in [6.45, 7) is 23.3. The van der Waals surface area contributed by atoms with Gasteiger partial charge in [0.15, 0.2) is 0 Å². The van der Waals surface area contributed by atoms with Gasteiger partial charge in [0.25, 0.3) is 0 Å². The maximum Gasteiger partial charge on any atom is 0.0907 e. The molecule has 0 radical (unpaired) electrons. The second-order valence-corrected chi connectivity index (χ2v) is 12.4. The number of aromatic nitrogens is 1. The number of benzene rings is 2. The van der Waals surface area contributed by atoms with Crippen molar-refractivity contribution in [1.29, 1.82) is 0 Å². The van der Waals surface area contributed by atoms with Crippen LogP contribution in [0.4, 0.5) is 17.1 Å². The lowest BCUT2D eigenvalue weighted by Crippen LogP contribution is -2.32. The molecule has 0 amide bonds. The minimum atomic E-state index is -0.102. The van der Waals surface area contributed by atoms with Crippen LogP contribution in [0, 0.1) is 33.6 Å². The summed E-state index contributed by atoms with van der Waals surface area (Å²) in [7, 11) is 0. The van der Waals surface area contributed by atoms with E-state index >= 15 is 0 Å². The molecule has 3 aromatic rings. The Morgan fingerprint density at radius 1 is 1.00 bits per heavy atom. The van der Waals surface area contributed by atoms with E-state index in [9.17, 15) is 0 Å². The normalized spacial score (nSPS) is 17.9. The Balaban J connectivity index is 1.61. The number of rotatable bonds is 6. The predicted molar refractivity (Wildman–Crippen MR) is 172 cm³/mol. The molecule has 1 aromatic heterocycles. The zero-order valence-corrected chi connectivity index (χ0v) is 25.5. The highest BCUT2D eigenvalue weighted by atomic mass is 15.2. The van der Waals surface area contributed by atoms with E-state index in [1.807, 2.05) is 0 Å². The van der Waals surface area contributed by atoms with Crippen molar-refractivity contribution in [1.82, 2.24) is 9.88 Å². The van der Waals surface area contributed by atoms with E-state index in [0.717, 1.165) is 29.9 Å². The van der Waals surface area contributed by atoms with Crippen LogP contribution in [-0.2, 0) is 5.41 Å². The Morgan fingerprint density at radius 2 is 1.62 bits per heavy atom. The summed E-state index contributed by atoms with van der Waals surface area (Å²) in [5.41, 5.74) is 13.1. The Morgan fingerprint density at radius 3 is 2.17 bits per heavy atom. The molecule has 4 heteroatoms. The van der Waals surface area contributed by atoms with Crippen molar-refractivity contribution >= 4 is 29.4 Å². The van der Waals surface area contributed by atoms with Crippen LogP contribution in [0.15, 0.2) is 72.0 Å². The average molecular weight is 533 g/mol. The van der Waals surface area contributed by atoms with Gasteiger partial charge < -0.3 is 14.8 Å². The van der Waals surface area contributed by atoms with E-state index < -0.39 is 0 Å². The van der Waals surface area contributed by atoms with E-state index in [-0.39, 0.29) is 5.41 Å². The molecule has 0 unspecified atom stereocenters. The van der Waals surface area contributed by atoms with Crippen molar-refractivity contribution in [2.24, 2.45) is 10.9 Å². The fraction of sp³-hybridized carbons (Fsp3) is 0.361. The highest BCUT2D eigenvalue weighted by Crippen LogP contribution is 2.51. The summed E-state index contributed by atoms with van der Waals surface area (Å²) in [5.74, 6) is 0.380. The predicted octanol–water partition coefficient (Wildman–Crippen LogP) is 9.13. The van der Waals surface area contributed by atoms with E-state index in [4.69, 9.17) is 4.99 Å². The molecule has 0 bridgehead atoms. The standard InChI is InChI=1S/C36H44N4/c1-23(2)21-38-35-28(7)40(29-11-10-18-37-22-29)27(6)30(35)15-14-26(5)39-33-16-12-24(3)19-31(33)36(8,9)32-20-25(4)13-17-34(32)39/h10,12-21,23,29,37H,5,11,22H2,1-4,6-9H3/b15-14-,38-21-/t29-/m0/s1. The molecular weight excluding hydrogens is 488 g/mol. The summed E-state index contributed by atoms with van der Waals surface area (Å²) < 4.78 is 2.46. The van der Waals surface area contributed by atoms with Gasteiger partial charge in [0, 0.05) is 40.8 Å². The first-order chi connectivity index (χ1) is 19.0. The number of aliphatic imine (C=N–C) groups is 1. The molecule has 0 saturated heterocycles. The van der Waals surface area contributed by atoms with Gasteiger partial charge in [-0.05, 0) is 81.6 Å². The smallest absolute Gasteiger partial charge is 0.0907 e. The minimum absolute atomic E-state index is 0.102. The number of hydrogen-bond acceptors (Lipinski definition) is 3. The average Bonchev–Trinajstić information content (AvgIpc) is 3.15. The molecule has 1 atom stereocenters. The van der Waals surface area contributed by atoms with Crippen LogP contribution in [0.25, 0.3) is 6.08 Å². The molecule has 3 heterocycles. The van der Waals surface area contributed by atoms with Crippen molar-refractivity contribution in [3.05, 3.63) is 106 Å². The zero-order chi connectivity index (χ0) is 28.8. The summed E-state index contributed by atoms with van der Waals surface area (Å²) in [4.78, 5) is 7.33. The molecule has 0 aliphatic carbocycles. The number of nitrogens with zero attached hydrogens (tertiary/aromatic N) is 3. The van der Waals surface area contributed by atoms with E-state index in [1.54, 1.807) is 0 Å². The first kappa shape index (κ1) is 27.8. The van der Waals surface area contributed by atoms with Crippen LogP contribution in [0.2, 0.25) is 0 Å². The van der Waals surface area contributed by atoms with Gasteiger partial charge in [0.05, 0.1) is 23.1 Å². The van der Waals surface area contributed by atoms with Crippen LogP contribution in [0.1, 0.15) is 79.4 Å². The molecule has 208 valence electrons. The largest absolute Gasteiger partial charge is 0.389 e. The fourth-order valence-electron chi connectivity index (χ4n) is 6.32. The van der Waals surface area contributed by atoms with Crippen molar-refractivity contribution < 1.29 is 0 Å². The molecule has 5 rings (SSSR count). The molecular formula is C36H44N4. The molecule has 0 saturated carbocycles. The van der Waals surface area contributed by atoms with Gasteiger partial charge in [-0.1, -0.05) is 75.7 Å². The number of nitrogens with one attached hydrogen (secondary N) is 1. The van der Waals surface area contributed by atoms with Crippen LogP contribution in [0.3, 0.4) is 0 Å². The lowest BCUT2D eigenvalue weighted by atomic mass is 9.72. The minimum Gasteiger partial charge on any atom is -0.389 e. The SMILES string of the molecule is C=C(/C=C\c1c(/N=C\C(C)C)c(C)n([C@H]2CC=CNC2)c1C)N1c2ccc(C)cc2C(C)(C)c2cc(C)ccc21. The number of anilines is 2. The highest BCUT2D eigenvalue weighted by Gasteiger charge is 2.37. The molecule has 2 aromatic carbocycles. The first-order valence-electron chi connectivity index (χ1n) is 14.5. The summed E-state index contributed by atoms with van der Waals surface area (Å²) in [5, 5.41) is 3.41. The van der Waals surface area contributed by atoms with Crippen molar-refractivity contribution in [2.45, 2.75) is 73.3 Å². The van der Waals surface area contributed by atoms with E-state index in [1.165, 1.54) is 45.0 Å². The maximum absolute atomic E-state index is 5.00. The third kappa shape index (κ3) is 4.85. The van der Waals surface area contributed by atoms with Crippen LogP contribution >= 0.6 is 0 Å². The van der Waals surface area contributed by atoms with Gasteiger partial charge in [-0.3, -0.25) is 4.99 Å². The zero-order valence-electron chi connectivity index (χ0n) is 25.5.